The Morgan fingerprint density at radius 2 is 1.95 bits per heavy atom. The maximum absolute atomic E-state index is 5.17. The molecule has 0 bridgehead atoms. The molecule has 1 aromatic carbocycles. The molecule has 20 heavy (non-hydrogen) atoms. The molecule has 0 radical (unpaired) electrons. The van der Waals surface area contributed by atoms with Crippen LogP contribution < -0.4 is 5.32 Å². The molecule has 0 spiro atoms. The fraction of sp³-hybridized carbons (Fsp3) is 0.647. The Morgan fingerprint density at radius 3 is 2.55 bits per heavy atom. The summed E-state index contributed by atoms with van der Waals surface area (Å²) in [5.74, 6) is 0. The largest absolute Gasteiger partial charge is 0.383 e. The number of hydrogen-bond donors (Lipinski definition) is 1. The third-order valence-electron chi connectivity index (χ3n) is 3.71. The fourth-order valence-corrected chi connectivity index (χ4v) is 2.55. The second-order valence-electron chi connectivity index (χ2n) is 5.83. The van der Waals surface area contributed by atoms with Crippen molar-refractivity contribution in [2.24, 2.45) is 0 Å². The number of nitrogens with zero attached hydrogens (tertiary/aromatic N) is 1. The maximum Gasteiger partial charge on any atom is 0.0589 e. The summed E-state index contributed by atoms with van der Waals surface area (Å²) in [5.41, 5.74) is 1.52. The predicted molar refractivity (Wildman–Crippen MR) is 86.3 cm³/mol. The van der Waals surface area contributed by atoms with Gasteiger partial charge in [-0.1, -0.05) is 44.2 Å². The van der Waals surface area contributed by atoms with Crippen molar-refractivity contribution in [3.05, 3.63) is 35.9 Å². The van der Waals surface area contributed by atoms with Crippen molar-refractivity contribution in [3.8, 4) is 0 Å². The van der Waals surface area contributed by atoms with E-state index in [-0.39, 0.29) is 5.41 Å². The van der Waals surface area contributed by atoms with E-state index in [9.17, 15) is 0 Å². The van der Waals surface area contributed by atoms with Crippen LogP contribution in [0.2, 0.25) is 0 Å². The van der Waals surface area contributed by atoms with Gasteiger partial charge < -0.3 is 15.0 Å². The van der Waals surface area contributed by atoms with E-state index in [0.717, 1.165) is 32.8 Å². The smallest absolute Gasteiger partial charge is 0.0589 e. The van der Waals surface area contributed by atoms with Crippen LogP contribution in [0.5, 0.6) is 0 Å². The summed E-state index contributed by atoms with van der Waals surface area (Å²) in [5, 5.41) is 3.58. The second kappa shape index (κ2) is 9.11. The Morgan fingerprint density at radius 1 is 1.25 bits per heavy atom. The zero-order chi connectivity index (χ0) is 14.8. The number of nitrogens with one attached hydrogen (secondary N) is 1. The van der Waals surface area contributed by atoms with Gasteiger partial charge in [-0.25, -0.2) is 0 Å². The molecule has 3 nitrogen and oxygen atoms in total. The van der Waals surface area contributed by atoms with Gasteiger partial charge in [0.2, 0.25) is 0 Å². The number of benzene rings is 1. The van der Waals surface area contributed by atoms with Gasteiger partial charge in [0.25, 0.3) is 0 Å². The summed E-state index contributed by atoms with van der Waals surface area (Å²) >= 11 is 0. The third-order valence-corrected chi connectivity index (χ3v) is 3.71. The van der Waals surface area contributed by atoms with E-state index in [1.54, 1.807) is 7.11 Å². The van der Waals surface area contributed by atoms with Gasteiger partial charge in [-0.2, -0.15) is 0 Å². The molecule has 0 aliphatic rings. The average Bonchev–Trinajstić information content (AvgIpc) is 2.46. The van der Waals surface area contributed by atoms with Crippen LogP contribution >= 0.6 is 0 Å². The predicted octanol–water partition coefficient (Wildman–Crippen LogP) is 2.52. The monoisotopic (exact) mass is 278 g/mol. The van der Waals surface area contributed by atoms with Crippen molar-refractivity contribution >= 4 is 0 Å². The first kappa shape index (κ1) is 17.2. The second-order valence-corrected chi connectivity index (χ2v) is 5.83. The van der Waals surface area contributed by atoms with E-state index in [0.29, 0.717) is 0 Å². The lowest BCUT2D eigenvalue weighted by molar-refractivity contribution is 0.147. The lowest BCUT2D eigenvalue weighted by Gasteiger charge is -2.35. The van der Waals surface area contributed by atoms with E-state index in [4.69, 9.17) is 4.74 Å². The molecule has 1 atom stereocenters. The number of rotatable bonds is 10. The minimum atomic E-state index is 0.124. The first-order valence-corrected chi connectivity index (χ1v) is 7.56. The quantitative estimate of drug-likeness (QED) is 0.666. The van der Waals surface area contributed by atoms with Crippen LogP contribution in [0, 0.1) is 0 Å². The summed E-state index contributed by atoms with van der Waals surface area (Å²) in [7, 11) is 3.92. The van der Waals surface area contributed by atoms with Crippen molar-refractivity contribution in [2.45, 2.75) is 25.7 Å². The summed E-state index contributed by atoms with van der Waals surface area (Å²) < 4.78 is 5.17. The zero-order valence-electron chi connectivity index (χ0n) is 13.5. The molecule has 1 rings (SSSR count). The molecule has 3 heteroatoms. The molecule has 114 valence electrons. The van der Waals surface area contributed by atoms with Gasteiger partial charge in [-0.05, 0) is 25.6 Å². The lowest BCUT2D eigenvalue weighted by atomic mass is 9.81. The Labute approximate surface area is 124 Å². The van der Waals surface area contributed by atoms with Crippen molar-refractivity contribution in [1.29, 1.82) is 0 Å². The van der Waals surface area contributed by atoms with Gasteiger partial charge >= 0.3 is 0 Å². The Hall–Kier alpha value is -0.900. The molecule has 0 heterocycles. The Bertz CT molecular complexity index is 355. The van der Waals surface area contributed by atoms with Gasteiger partial charge in [0.15, 0.2) is 0 Å². The third kappa shape index (κ3) is 5.61. The highest BCUT2D eigenvalue weighted by Crippen LogP contribution is 2.24. The summed E-state index contributed by atoms with van der Waals surface area (Å²) in [4.78, 5) is 2.35. The number of likely N-dealkylation sites (N-methyl/N-ethyl adjacent to an activating group) is 1. The molecule has 0 saturated heterocycles. The number of methoxy groups -OCH3 is 1. The molecule has 1 aromatic rings. The van der Waals surface area contributed by atoms with Crippen LogP contribution in [0.4, 0.5) is 0 Å². The molecule has 0 aliphatic carbocycles. The molecule has 0 aliphatic heterocycles. The van der Waals surface area contributed by atoms with E-state index in [1.807, 2.05) is 0 Å². The van der Waals surface area contributed by atoms with Crippen molar-refractivity contribution < 1.29 is 4.74 Å². The van der Waals surface area contributed by atoms with E-state index in [2.05, 4.69) is 61.4 Å². The standard InChI is InChI=1S/C17H30N2O/c1-5-11-18-14-17(2,15-19(3)12-13-20-4)16-9-7-6-8-10-16/h6-10,18H,5,11-15H2,1-4H3. The zero-order valence-corrected chi connectivity index (χ0v) is 13.5. The maximum atomic E-state index is 5.17. The van der Waals surface area contributed by atoms with Gasteiger partial charge in [0, 0.05) is 32.2 Å². The molecule has 1 unspecified atom stereocenters. The van der Waals surface area contributed by atoms with Crippen LogP contribution in [0.25, 0.3) is 0 Å². The molecule has 1 N–H and O–H groups in total. The minimum absolute atomic E-state index is 0.124. The van der Waals surface area contributed by atoms with Gasteiger partial charge in [0.05, 0.1) is 6.61 Å². The average molecular weight is 278 g/mol. The summed E-state index contributed by atoms with van der Waals surface area (Å²) in [6.07, 6.45) is 1.17. The first-order valence-electron chi connectivity index (χ1n) is 7.56. The van der Waals surface area contributed by atoms with Gasteiger partial charge in [-0.3, -0.25) is 0 Å². The molecule has 0 fully saturated rings. The van der Waals surface area contributed by atoms with E-state index < -0.39 is 0 Å². The molecule has 0 aromatic heterocycles. The highest BCUT2D eigenvalue weighted by atomic mass is 16.5. The number of ether oxygens (including phenoxy) is 1. The normalized spacial score (nSPS) is 14.4. The molecule has 0 amide bonds. The molecular weight excluding hydrogens is 248 g/mol. The summed E-state index contributed by atoms with van der Waals surface area (Å²) in [6, 6.07) is 10.8. The van der Waals surface area contributed by atoms with Crippen LogP contribution in [0.1, 0.15) is 25.8 Å². The van der Waals surface area contributed by atoms with Crippen LogP contribution in [-0.4, -0.2) is 51.8 Å². The SMILES string of the molecule is CCCNCC(C)(CN(C)CCOC)c1ccccc1. The Kier molecular flexibility index (Phi) is 7.82. The fourth-order valence-electron chi connectivity index (χ4n) is 2.55. The van der Waals surface area contributed by atoms with Gasteiger partial charge in [0.1, 0.15) is 0 Å². The van der Waals surface area contributed by atoms with Crippen LogP contribution in [-0.2, 0) is 10.2 Å². The Balaban J connectivity index is 2.73. The van der Waals surface area contributed by atoms with Crippen molar-refractivity contribution in [3.63, 3.8) is 0 Å². The first-order chi connectivity index (χ1) is 9.62. The highest BCUT2D eigenvalue weighted by Gasteiger charge is 2.27. The van der Waals surface area contributed by atoms with Crippen molar-refractivity contribution in [2.75, 3.05) is 46.9 Å². The lowest BCUT2D eigenvalue weighted by Crippen LogP contribution is -2.45. The van der Waals surface area contributed by atoms with Crippen LogP contribution in [0.3, 0.4) is 0 Å². The van der Waals surface area contributed by atoms with E-state index in [1.165, 1.54) is 12.0 Å². The van der Waals surface area contributed by atoms with Crippen molar-refractivity contribution in [1.82, 2.24) is 10.2 Å². The minimum Gasteiger partial charge on any atom is -0.383 e. The van der Waals surface area contributed by atoms with Crippen LogP contribution in [0.15, 0.2) is 30.3 Å². The number of hydrogen-bond acceptors (Lipinski definition) is 3. The molecular formula is C17H30N2O. The highest BCUT2D eigenvalue weighted by molar-refractivity contribution is 5.25. The topological polar surface area (TPSA) is 24.5 Å². The summed E-state index contributed by atoms with van der Waals surface area (Å²) in [6.45, 7) is 9.39. The molecule has 0 saturated carbocycles. The van der Waals surface area contributed by atoms with E-state index >= 15 is 0 Å². The van der Waals surface area contributed by atoms with Gasteiger partial charge in [-0.15, -0.1) is 0 Å².